The number of hydrogen-bond acceptors (Lipinski definition) is 6. The molecule has 37 heavy (non-hydrogen) atoms. The summed E-state index contributed by atoms with van der Waals surface area (Å²) in [5.41, 5.74) is -6.51. The molecule has 0 bridgehead atoms. The Balaban J connectivity index is 2.52. The van der Waals surface area contributed by atoms with E-state index in [1.54, 1.807) is 13.8 Å². The third-order valence-electron chi connectivity index (χ3n) is 5.13. The summed E-state index contributed by atoms with van der Waals surface area (Å²) < 4.78 is 147. The first-order valence-corrected chi connectivity index (χ1v) is 11.5. The highest BCUT2D eigenvalue weighted by Gasteiger charge is 2.40. The molecule has 0 aliphatic heterocycles. The van der Waals surface area contributed by atoms with Crippen molar-refractivity contribution >= 4 is 15.8 Å². The predicted molar refractivity (Wildman–Crippen MR) is 110 cm³/mol. The lowest BCUT2D eigenvalue weighted by molar-refractivity contribution is -0.293. The molecule has 2 atom stereocenters. The van der Waals surface area contributed by atoms with Crippen molar-refractivity contribution in [2.75, 3.05) is 0 Å². The summed E-state index contributed by atoms with van der Waals surface area (Å²) in [6.07, 6.45) is -16.6. The van der Waals surface area contributed by atoms with Crippen molar-refractivity contribution in [1.29, 1.82) is 0 Å². The second kappa shape index (κ2) is 10.9. The van der Waals surface area contributed by atoms with Crippen LogP contribution in [-0.2, 0) is 31.6 Å². The molecule has 206 valence electrons. The molecule has 16 heteroatoms. The Kier molecular flexibility index (Phi) is 8.92. The van der Waals surface area contributed by atoms with Crippen LogP contribution in [0.3, 0.4) is 0 Å². The zero-order chi connectivity index (χ0) is 28.4. The lowest BCUT2D eigenvalue weighted by Crippen LogP contribution is -2.25. The van der Waals surface area contributed by atoms with Gasteiger partial charge in [0.2, 0.25) is 0 Å². The average molecular weight is 567 g/mol. The first-order valence-electron chi connectivity index (χ1n) is 10.1. The van der Waals surface area contributed by atoms with Gasteiger partial charge in [0.05, 0.1) is 11.1 Å². The highest BCUT2D eigenvalue weighted by Crippen LogP contribution is 2.38. The van der Waals surface area contributed by atoms with Crippen molar-refractivity contribution in [3.63, 3.8) is 0 Å². The Labute approximate surface area is 204 Å². The number of halogens is 9. The highest BCUT2D eigenvalue weighted by atomic mass is 32.2. The first kappa shape index (κ1) is 30.4. The monoisotopic (exact) mass is 567 g/mol. The van der Waals surface area contributed by atoms with Gasteiger partial charge in [-0.15, -0.1) is 0 Å². The van der Waals surface area contributed by atoms with E-state index >= 15 is 0 Å². The minimum Gasteiger partial charge on any atom is -0.264 e. The summed E-state index contributed by atoms with van der Waals surface area (Å²) in [5.74, 6) is -0.255. The standard InChI is InChI=1S/C21H18F9NO5S/c1-3-11(2)17(35-32)12-4-6-13(7-5-12)18(21(28,29)30)31-36-37(33,34)16-9-14(19(22,23)24)8-15(10-16)20(25,26)27/h4-11,17,32H,3H2,1-2H3. The summed E-state index contributed by atoms with van der Waals surface area (Å²) in [4.78, 5) is 2.63. The molecule has 0 aromatic heterocycles. The number of oxime groups is 1. The van der Waals surface area contributed by atoms with Gasteiger partial charge in [0.25, 0.3) is 0 Å². The fourth-order valence-electron chi connectivity index (χ4n) is 3.01. The lowest BCUT2D eigenvalue weighted by atomic mass is 9.94. The number of benzene rings is 2. The highest BCUT2D eigenvalue weighted by molar-refractivity contribution is 7.86. The van der Waals surface area contributed by atoms with Crippen molar-refractivity contribution < 1.29 is 62.4 Å². The van der Waals surface area contributed by atoms with Crippen LogP contribution in [0, 0.1) is 5.92 Å². The average Bonchev–Trinajstić information content (AvgIpc) is 2.78. The van der Waals surface area contributed by atoms with E-state index in [-0.39, 0.29) is 29.7 Å². The molecule has 2 aromatic carbocycles. The van der Waals surface area contributed by atoms with Gasteiger partial charge in [-0.3, -0.25) is 9.54 Å². The molecule has 1 N–H and O–H groups in total. The molecule has 0 radical (unpaired) electrons. The minimum atomic E-state index is -5.67. The molecule has 0 aliphatic carbocycles. The molecule has 0 fully saturated rings. The quantitative estimate of drug-likeness (QED) is 0.161. The van der Waals surface area contributed by atoms with Gasteiger partial charge in [-0.1, -0.05) is 49.7 Å². The lowest BCUT2D eigenvalue weighted by Gasteiger charge is -2.20. The van der Waals surface area contributed by atoms with Crippen LogP contribution < -0.4 is 0 Å². The van der Waals surface area contributed by atoms with Crippen molar-refractivity contribution in [2.24, 2.45) is 11.1 Å². The second-order valence-corrected chi connectivity index (χ2v) is 9.27. The molecule has 0 aliphatic rings. The molecule has 6 nitrogen and oxygen atoms in total. The van der Waals surface area contributed by atoms with Crippen molar-refractivity contribution in [2.45, 2.75) is 49.8 Å². The van der Waals surface area contributed by atoms with E-state index in [9.17, 15) is 47.9 Å². The van der Waals surface area contributed by atoms with E-state index in [0.717, 1.165) is 24.3 Å². The predicted octanol–water partition coefficient (Wildman–Crippen LogP) is 6.97. The van der Waals surface area contributed by atoms with Gasteiger partial charge < -0.3 is 0 Å². The van der Waals surface area contributed by atoms with Gasteiger partial charge in [0.15, 0.2) is 5.71 Å². The summed E-state index contributed by atoms with van der Waals surface area (Å²) in [7, 11) is -5.67. The maximum atomic E-state index is 13.6. The first-order chi connectivity index (χ1) is 16.8. The Morgan fingerprint density at radius 2 is 1.41 bits per heavy atom. The summed E-state index contributed by atoms with van der Waals surface area (Å²) in [5, 5.41) is 11.6. The van der Waals surface area contributed by atoms with Gasteiger partial charge in [-0.25, -0.2) is 4.89 Å². The van der Waals surface area contributed by atoms with Crippen molar-refractivity contribution in [3.05, 3.63) is 64.7 Å². The van der Waals surface area contributed by atoms with Gasteiger partial charge in [-0.05, 0) is 29.7 Å². The van der Waals surface area contributed by atoms with Crippen LogP contribution in [0.15, 0.2) is 52.5 Å². The fraction of sp³-hybridized carbons (Fsp3) is 0.381. The van der Waals surface area contributed by atoms with Gasteiger partial charge in [-0.2, -0.15) is 47.9 Å². The normalized spacial score (nSPS) is 15.4. The zero-order valence-corrected chi connectivity index (χ0v) is 19.6. The molecule has 2 unspecified atom stereocenters. The van der Waals surface area contributed by atoms with Gasteiger partial charge >= 0.3 is 28.6 Å². The van der Waals surface area contributed by atoms with Crippen LogP contribution in [0.25, 0.3) is 0 Å². The van der Waals surface area contributed by atoms with Gasteiger partial charge in [0, 0.05) is 5.56 Å². The van der Waals surface area contributed by atoms with Gasteiger partial charge in [0.1, 0.15) is 11.0 Å². The summed E-state index contributed by atoms with van der Waals surface area (Å²) in [6.45, 7) is 3.45. The largest absolute Gasteiger partial charge is 0.437 e. The molecule has 2 aromatic rings. The number of alkyl halides is 9. The SMILES string of the molecule is CCC(C)C(OO)c1ccc(C(=NOS(=O)(=O)c2cc(C(F)(F)F)cc(C(F)(F)F)c2)C(F)(F)F)cc1. The molecule has 0 saturated carbocycles. The van der Waals surface area contributed by atoms with Crippen LogP contribution in [0.1, 0.15) is 48.6 Å². The fourth-order valence-corrected chi connectivity index (χ4v) is 3.81. The third-order valence-corrected chi connectivity index (χ3v) is 6.22. The zero-order valence-electron chi connectivity index (χ0n) is 18.7. The number of rotatable bonds is 8. The van der Waals surface area contributed by atoms with E-state index in [1.807, 2.05) is 0 Å². The second-order valence-electron chi connectivity index (χ2n) is 7.74. The van der Waals surface area contributed by atoms with E-state index in [0.29, 0.717) is 6.42 Å². The van der Waals surface area contributed by atoms with Crippen molar-refractivity contribution in [1.82, 2.24) is 0 Å². The van der Waals surface area contributed by atoms with Crippen LogP contribution >= 0.6 is 0 Å². The van der Waals surface area contributed by atoms with E-state index in [2.05, 4.69) is 14.3 Å². The van der Waals surface area contributed by atoms with Crippen LogP contribution in [-0.4, -0.2) is 25.6 Å². The molecule has 0 spiro atoms. The molecular weight excluding hydrogens is 549 g/mol. The third kappa shape index (κ3) is 7.58. The Bertz CT molecular complexity index is 1190. The topological polar surface area (TPSA) is 85.2 Å². The van der Waals surface area contributed by atoms with E-state index < -0.39 is 62.0 Å². The van der Waals surface area contributed by atoms with E-state index in [4.69, 9.17) is 5.26 Å². The van der Waals surface area contributed by atoms with Crippen LogP contribution in [0.5, 0.6) is 0 Å². The maximum Gasteiger partial charge on any atom is 0.437 e. The van der Waals surface area contributed by atoms with Crippen LogP contribution in [0.4, 0.5) is 39.5 Å². The molecule has 0 heterocycles. The summed E-state index contributed by atoms with van der Waals surface area (Å²) >= 11 is 0. The summed E-state index contributed by atoms with van der Waals surface area (Å²) in [6, 6.07) is 3.06. The minimum absolute atomic E-state index is 0.230. The Morgan fingerprint density at radius 1 is 0.919 bits per heavy atom. The smallest absolute Gasteiger partial charge is 0.264 e. The Hall–Kier alpha value is -2.85. The maximum absolute atomic E-state index is 13.6. The van der Waals surface area contributed by atoms with Crippen molar-refractivity contribution in [3.8, 4) is 0 Å². The number of hydrogen-bond donors (Lipinski definition) is 1. The van der Waals surface area contributed by atoms with Crippen LogP contribution in [0.2, 0.25) is 0 Å². The Morgan fingerprint density at radius 3 is 1.78 bits per heavy atom. The number of nitrogens with zero attached hydrogens (tertiary/aromatic N) is 1. The molecule has 0 amide bonds. The molecule has 2 rings (SSSR count). The van der Waals surface area contributed by atoms with E-state index in [1.165, 1.54) is 0 Å². The molecule has 0 saturated heterocycles. The molecular formula is C21H18F9NO5S.